The van der Waals surface area contributed by atoms with E-state index in [-0.39, 0.29) is 0 Å². The van der Waals surface area contributed by atoms with Gasteiger partial charge in [0.15, 0.2) is 0 Å². The minimum absolute atomic E-state index is 0.704. The van der Waals surface area contributed by atoms with Crippen LogP contribution in [0.25, 0.3) is 10.2 Å². The molecular formula is C23H23N3OS. The molecule has 0 amide bonds. The van der Waals surface area contributed by atoms with Gasteiger partial charge in [0.2, 0.25) is 0 Å². The summed E-state index contributed by atoms with van der Waals surface area (Å²) in [5.41, 5.74) is 3.65. The first kappa shape index (κ1) is 18.4. The van der Waals surface area contributed by atoms with Crippen LogP contribution in [0.15, 0.2) is 54.6 Å². The lowest BCUT2D eigenvalue weighted by Crippen LogP contribution is -2.06. The SMILES string of the molecule is COc1ccc(CNc2nc(Cc3ccccc3)nc3sc(C)c(C)c23)cc1. The third-order valence-electron chi connectivity index (χ3n) is 4.90. The number of nitrogens with one attached hydrogen (secondary N) is 1. The number of benzene rings is 2. The summed E-state index contributed by atoms with van der Waals surface area (Å²) in [6.07, 6.45) is 0.726. The fraction of sp³-hybridized carbons (Fsp3) is 0.217. The van der Waals surface area contributed by atoms with Crippen LogP contribution in [0.1, 0.15) is 27.4 Å². The quantitative estimate of drug-likeness (QED) is 0.472. The highest BCUT2D eigenvalue weighted by atomic mass is 32.1. The van der Waals surface area contributed by atoms with E-state index >= 15 is 0 Å². The van der Waals surface area contributed by atoms with Crippen LogP contribution < -0.4 is 10.1 Å². The van der Waals surface area contributed by atoms with E-state index < -0.39 is 0 Å². The molecule has 4 aromatic rings. The van der Waals surface area contributed by atoms with E-state index in [1.807, 2.05) is 18.2 Å². The van der Waals surface area contributed by atoms with Gasteiger partial charge in [0, 0.05) is 17.8 Å². The number of aryl methyl sites for hydroxylation is 2. The summed E-state index contributed by atoms with van der Waals surface area (Å²) in [6.45, 7) is 4.99. The number of nitrogens with zero attached hydrogens (tertiary/aromatic N) is 2. The normalized spacial score (nSPS) is 11.0. The molecule has 0 aliphatic heterocycles. The summed E-state index contributed by atoms with van der Waals surface area (Å²) in [5, 5.41) is 4.67. The third kappa shape index (κ3) is 3.85. The zero-order chi connectivity index (χ0) is 19.5. The molecule has 0 radical (unpaired) electrons. The van der Waals surface area contributed by atoms with Crippen molar-refractivity contribution in [3.05, 3.63) is 82.0 Å². The van der Waals surface area contributed by atoms with Crippen molar-refractivity contribution in [1.29, 1.82) is 0 Å². The molecule has 0 atom stereocenters. The number of anilines is 1. The van der Waals surface area contributed by atoms with Gasteiger partial charge in [-0.25, -0.2) is 9.97 Å². The average molecular weight is 390 g/mol. The fourth-order valence-electron chi connectivity index (χ4n) is 3.21. The Morgan fingerprint density at radius 3 is 2.39 bits per heavy atom. The Balaban J connectivity index is 1.66. The summed E-state index contributed by atoms with van der Waals surface area (Å²) < 4.78 is 5.24. The van der Waals surface area contributed by atoms with E-state index in [4.69, 9.17) is 14.7 Å². The first-order valence-corrected chi connectivity index (χ1v) is 10.1. The minimum Gasteiger partial charge on any atom is -0.497 e. The lowest BCUT2D eigenvalue weighted by Gasteiger charge is -2.11. The Bertz CT molecular complexity index is 1090. The van der Waals surface area contributed by atoms with Crippen molar-refractivity contribution >= 4 is 27.4 Å². The lowest BCUT2D eigenvalue weighted by atomic mass is 10.1. The van der Waals surface area contributed by atoms with E-state index in [0.717, 1.165) is 34.0 Å². The maximum absolute atomic E-state index is 5.24. The molecule has 0 saturated carbocycles. The van der Waals surface area contributed by atoms with Gasteiger partial charge < -0.3 is 10.1 Å². The molecule has 28 heavy (non-hydrogen) atoms. The summed E-state index contributed by atoms with van der Waals surface area (Å²) in [4.78, 5) is 12.1. The van der Waals surface area contributed by atoms with E-state index in [1.165, 1.54) is 21.6 Å². The largest absolute Gasteiger partial charge is 0.497 e. The Hall–Kier alpha value is -2.92. The van der Waals surface area contributed by atoms with Crippen molar-refractivity contribution in [2.45, 2.75) is 26.8 Å². The minimum atomic E-state index is 0.704. The molecule has 2 heterocycles. The van der Waals surface area contributed by atoms with Crippen LogP contribution in [0.3, 0.4) is 0 Å². The fourth-order valence-corrected chi connectivity index (χ4v) is 4.26. The first-order chi connectivity index (χ1) is 13.6. The van der Waals surface area contributed by atoms with Gasteiger partial charge in [0.1, 0.15) is 22.2 Å². The molecule has 142 valence electrons. The van der Waals surface area contributed by atoms with Gasteiger partial charge in [0.25, 0.3) is 0 Å². The van der Waals surface area contributed by atoms with Gasteiger partial charge in [-0.05, 0) is 42.7 Å². The molecule has 0 saturated heterocycles. The number of fused-ring (bicyclic) bond motifs is 1. The number of rotatable bonds is 6. The second-order valence-electron chi connectivity index (χ2n) is 6.82. The molecule has 4 nitrogen and oxygen atoms in total. The Kier molecular flexibility index (Phi) is 5.26. The van der Waals surface area contributed by atoms with E-state index in [9.17, 15) is 0 Å². The Morgan fingerprint density at radius 2 is 1.68 bits per heavy atom. The molecule has 0 aliphatic carbocycles. The predicted molar refractivity (Wildman–Crippen MR) is 116 cm³/mol. The number of aromatic nitrogens is 2. The predicted octanol–water partition coefficient (Wildman–Crippen LogP) is 5.52. The highest BCUT2D eigenvalue weighted by Crippen LogP contribution is 2.33. The summed E-state index contributed by atoms with van der Waals surface area (Å²) >= 11 is 1.74. The van der Waals surface area contributed by atoms with E-state index in [2.05, 4.69) is 55.6 Å². The summed E-state index contributed by atoms with van der Waals surface area (Å²) in [5.74, 6) is 2.62. The Morgan fingerprint density at radius 1 is 0.929 bits per heavy atom. The van der Waals surface area contributed by atoms with Crippen molar-refractivity contribution in [1.82, 2.24) is 9.97 Å². The molecule has 0 unspecified atom stereocenters. The number of hydrogen-bond donors (Lipinski definition) is 1. The van der Waals surface area contributed by atoms with Crippen LogP contribution in [0.4, 0.5) is 5.82 Å². The molecule has 0 fully saturated rings. The third-order valence-corrected chi connectivity index (χ3v) is 6.00. The highest BCUT2D eigenvalue weighted by molar-refractivity contribution is 7.18. The van der Waals surface area contributed by atoms with Crippen molar-refractivity contribution in [2.75, 3.05) is 12.4 Å². The number of ether oxygens (including phenoxy) is 1. The monoisotopic (exact) mass is 389 g/mol. The van der Waals surface area contributed by atoms with Crippen molar-refractivity contribution < 1.29 is 4.74 Å². The topological polar surface area (TPSA) is 47.0 Å². The lowest BCUT2D eigenvalue weighted by molar-refractivity contribution is 0.414. The van der Waals surface area contributed by atoms with Crippen LogP contribution in [-0.4, -0.2) is 17.1 Å². The summed E-state index contributed by atoms with van der Waals surface area (Å²) in [7, 11) is 1.68. The first-order valence-electron chi connectivity index (χ1n) is 9.31. The van der Waals surface area contributed by atoms with Crippen molar-refractivity contribution in [3.8, 4) is 5.75 Å². The van der Waals surface area contributed by atoms with Gasteiger partial charge in [-0.2, -0.15) is 0 Å². The molecule has 2 aromatic heterocycles. The zero-order valence-electron chi connectivity index (χ0n) is 16.3. The van der Waals surface area contributed by atoms with Crippen LogP contribution >= 0.6 is 11.3 Å². The molecule has 0 aliphatic rings. The van der Waals surface area contributed by atoms with Crippen LogP contribution in [0, 0.1) is 13.8 Å². The van der Waals surface area contributed by atoms with Gasteiger partial charge in [-0.15, -0.1) is 11.3 Å². The summed E-state index contributed by atoms with van der Waals surface area (Å²) in [6, 6.07) is 18.5. The molecule has 4 rings (SSSR count). The number of hydrogen-bond acceptors (Lipinski definition) is 5. The number of methoxy groups -OCH3 is 1. The van der Waals surface area contributed by atoms with Crippen molar-refractivity contribution in [3.63, 3.8) is 0 Å². The highest BCUT2D eigenvalue weighted by Gasteiger charge is 2.15. The smallest absolute Gasteiger partial charge is 0.139 e. The molecular weight excluding hydrogens is 366 g/mol. The maximum Gasteiger partial charge on any atom is 0.139 e. The van der Waals surface area contributed by atoms with Gasteiger partial charge in [-0.1, -0.05) is 42.5 Å². The van der Waals surface area contributed by atoms with Gasteiger partial charge >= 0.3 is 0 Å². The van der Waals surface area contributed by atoms with E-state index in [0.29, 0.717) is 6.54 Å². The van der Waals surface area contributed by atoms with Crippen molar-refractivity contribution in [2.24, 2.45) is 0 Å². The standard InChI is InChI=1S/C23H23N3OS/c1-15-16(2)28-23-21(15)22(24-14-18-9-11-19(27-3)12-10-18)25-20(26-23)13-17-7-5-4-6-8-17/h4-12H,13-14H2,1-3H3,(H,24,25,26). The van der Waals surface area contributed by atoms with Gasteiger partial charge in [-0.3, -0.25) is 0 Å². The number of thiophene rings is 1. The average Bonchev–Trinajstić information content (AvgIpc) is 3.01. The Labute approximate surface area is 169 Å². The molecule has 5 heteroatoms. The maximum atomic E-state index is 5.24. The van der Waals surface area contributed by atoms with E-state index in [1.54, 1.807) is 18.4 Å². The molecule has 1 N–H and O–H groups in total. The van der Waals surface area contributed by atoms with Crippen LogP contribution in [0.2, 0.25) is 0 Å². The second kappa shape index (κ2) is 7.98. The molecule has 2 aromatic carbocycles. The van der Waals surface area contributed by atoms with Gasteiger partial charge in [0.05, 0.1) is 12.5 Å². The van der Waals surface area contributed by atoms with Crippen LogP contribution in [-0.2, 0) is 13.0 Å². The molecule has 0 bridgehead atoms. The van der Waals surface area contributed by atoms with Crippen LogP contribution in [0.5, 0.6) is 5.75 Å². The molecule has 0 spiro atoms. The second-order valence-corrected chi connectivity index (χ2v) is 8.02. The zero-order valence-corrected chi connectivity index (χ0v) is 17.1.